The van der Waals surface area contributed by atoms with Gasteiger partial charge < -0.3 is 18.9 Å². The average molecular weight is 366 g/mol. The standard InChI is InChI=1S/C19H18N4O4/c1-11-17(2)26-15(13-7-12(24-3)5-6-14(13)25-4)18(8-20,9-21)19(11,10-22)16(23)27-17/h5-7,11,15,23H,1-4H3/t11-,15+,17-,19-/m0/s1. The molecule has 3 rings (SSSR count). The van der Waals surface area contributed by atoms with Crippen LogP contribution >= 0.6 is 0 Å². The smallest absolute Gasteiger partial charge is 0.214 e. The van der Waals surface area contributed by atoms with Crippen LogP contribution in [0.5, 0.6) is 11.5 Å². The third-order valence-electron chi connectivity index (χ3n) is 5.71. The molecule has 0 unspecified atom stereocenters. The Morgan fingerprint density at radius 1 is 1.11 bits per heavy atom. The molecule has 2 aliphatic rings. The highest BCUT2D eigenvalue weighted by molar-refractivity contribution is 5.89. The van der Waals surface area contributed by atoms with E-state index in [-0.39, 0.29) is 0 Å². The fourth-order valence-corrected chi connectivity index (χ4v) is 4.03. The van der Waals surface area contributed by atoms with Crippen LogP contribution in [-0.2, 0) is 9.47 Å². The largest absolute Gasteiger partial charge is 0.497 e. The lowest BCUT2D eigenvalue weighted by Gasteiger charge is -2.47. The van der Waals surface area contributed by atoms with E-state index in [1.54, 1.807) is 32.0 Å². The Bertz CT molecular complexity index is 926. The molecule has 1 aromatic carbocycles. The fourth-order valence-electron chi connectivity index (χ4n) is 4.03. The van der Waals surface area contributed by atoms with Crippen LogP contribution in [0, 0.1) is 56.2 Å². The summed E-state index contributed by atoms with van der Waals surface area (Å²) in [6.45, 7) is 3.25. The van der Waals surface area contributed by atoms with Crippen molar-refractivity contribution in [3.63, 3.8) is 0 Å². The van der Waals surface area contributed by atoms with Crippen LogP contribution < -0.4 is 9.47 Å². The van der Waals surface area contributed by atoms with E-state index in [0.717, 1.165) is 0 Å². The first-order valence-corrected chi connectivity index (χ1v) is 8.21. The summed E-state index contributed by atoms with van der Waals surface area (Å²) in [6, 6.07) is 10.9. The molecule has 0 saturated carbocycles. The van der Waals surface area contributed by atoms with Crippen molar-refractivity contribution in [3.05, 3.63) is 23.8 Å². The summed E-state index contributed by atoms with van der Waals surface area (Å²) < 4.78 is 22.3. The second-order valence-electron chi connectivity index (χ2n) is 6.73. The van der Waals surface area contributed by atoms with Gasteiger partial charge in [0, 0.05) is 12.5 Å². The van der Waals surface area contributed by atoms with Crippen LogP contribution in [-0.4, -0.2) is 25.9 Å². The molecular weight excluding hydrogens is 348 g/mol. The lowest BCUT2D eigenvalue weighted by Crippen LogP contribution is -2.57. The third-order valence-corrected chi connectivity index (χ3v) is 5.71. The van der Waals surface area contributed by atoms with Crippen LogP contribution in [0.3, 0.4) is 0 Å². The number of ether oxygens (including phenoxy) is 4. The van der Waals surface area contributed by atoms with Crippen LogP contribution in [0.15, 0.2) is 18.2 Å². The molecule has 2 fully saturated rings. The predicted octanol–water partition coefficient (Wildman–Crippen LogP) is 2.68. The van der Waals surface area contributed by atoms with E-state index < -0.39 is 34.5 Å². The van der Waals surface area contributed by atoms with E-state index in [9.17, 15) is 15.8 Å². The molecule has 27 heavy (non-hydrogen) atoms. The third kappa shape index (κ3) is 2.01. The number of hydrogen-bond acceptors (Lipinski definition) is 8. The number of nitriles is 3. The van der Waals surface area contributed by atoms with Gasteiger partial charge in [0.1, 0.15) is 17.6 Å². The van der Waals surface area contributed by atoms with Gasteiger partial charge in [-0.1, -0.05) is 6.92 Å². The summed E-state index contributed by atoms with van der Waals surface area (Å²) >= 11 is 0. The van der Waals surface area contributed by atoms with Crippen LogP contribution in [0.2, 0.25) is 0 Å². The quantitative estimate of drug-likeness (QED) is 0.869. The van der Waals surface area contributed by atoms with Crippen molar-refractivity contribution in [2.45, 2.75) is 25.7 Å². The molecule has 2 aliphatic heterocycles. The number of hydrogen-bond donors (Lipinski definition) is 1. The highest BCUT2D eigenvalue weighted by Gasteiger charge is 2.78. The maximum Gasteiger partial charge on any atom is 0.214 e. The molecule has 0 spiro atoms. The van der Waals surface area contributed by atoms with Gasteiger partial charge in [-0.05, 0) is 18.2 Å². The SMILES string of the molecule is COc1ccc(OC)c([C@H]2O[C@@]3(C)OC(=N)[C@](C#N)([C@H]3C)C2(C#N)C#N)c1. The molecule has 1 aromatic rings. The Balaban J connectivity index is 2.36. The van der Waals surface area contributed by atoms with Crippen molar-refractivity contribution in [1.29, 1.82) is 21.2 Å². The molecule has 138 valence electrons. The van der Waals surface area contributed by atoms with E-state index in [0.29, 0.717) is 17.1 Å². The minimum atomic E-state index is -2.02. The zero-order valence-electron chi connectivity index (χ0n) is 15.4. The lowest BCUT2D eigenvalue weighted by atomic mass is 9.54. The molecule has 8 nitrogen and oxygen atoms in total. The maximum absolute atomic E-state index is 10.1. The van der Waals surface area contributed by atoms with Crippen LogP contribution in [0.1, 0.15) is 25.5 Å². The Labute approximate surface area is 156 Å². The molecule has 2 bridgehead atoms. The van der Waals surface area contributed by atoms with Crippen molar-refractivity contribution in [3.8, 4) is 29.7 Å². The molecular formula is C19H18N4O4. The molecule has 0 aliphatic carbocycles. The maximum atomic E-state index is 10.1. The van der Waals surface area contributed by atoms with Gasteiger partial charge in [0.2, 0.25) is 17.1 Å². The van der Waals surface area contributed by atoms with Gasteiger partial charge in [-0.3, -0.25) is 5.41 Å². The van der Waals surface area contributed by atoms with E-state index in [2.05, 4.69) is 0 Å². The monoisotopic (exact) mass is 366 g/mol. The molecule has 1 N–H and O–H groups in total. The van der Waals surface area contributed by atoms with Crippen molar-refractivity contribution >= 4 is 5.90 Å². The summed E-state index contributed by atoms with van der Waals surface area (Å²) in [5.41, 5.74) is -3.44. The molecule has 2 heterocycles. The van der Waals surface area contributed by atoms with Gasteiger partial charge in [0.25, 0.3) is 0 Å². The highest BCUT2D eigenvalue weighted by atomic mass is 16.7. The first-order valence-electron chi connectivity index (χ1n) is 8.21. The summed E-state index contributed by atoms with van der Waals surface area (Å²) in [7, 11) is 2.93. The van der Waals surface area contributed by atoms with Crippen molar-refractivity contribution in [2.75, 3.05) is 14.2 Å². The van der Waals surface area contributed by atoms with E-state index >= 15 is 0 Å². The van der Waals surface area contributed by atoms with E-state index in [1.807, 2.05) is 18.2 Å². The van der Waals surface area contributed by atoms with Gasteiger partial charge in [-0.25, -0.2) is 0 Å². The second-order valence-corrected chi connectivity index (χ2v) is 6.73. The number of benzene rings is 1. The van der Waals surface area contributed by atoms with Crippen LogP contribution in [0.25, 0.3) is 0 Å². The zero-order chi connectivity index (χ0) is 20.0. The topological polar surface area (TPSA) is 132 Å². The summed E-state index contributed by atoms with van der Waals surface area (Å²) in [4.78, 5) is 0. The Morgan fingerprint density at radius 3 is 2.30 bits per heavy atom. The van der Waals surface area contributed by atoms with Gasteiger partial charge in [-0.15, -0.1) is 0 Å². The van der Waals surface area contributed by atoms with Crippen molar-refractivity contribution in [2.24, 2.45) is 16.7 Å². The molecule has 0 amide bonds. The Hall–Kier alpha value is -3.28. The first-order chi connectivity index (χ1) is 12.8. The fraction of sp³-hybridized carbons (Fsp3) is 0.474. The number of fused-ring (bicyclic) bond motifs is 2. The minimum Gasteiger partial charge on any atom is -0.497 e. The lowest BCUT2D eigenvalue weighted by molar-refractivity contribution is -0.269. The summed E-state index contributed by atoms with van der Waals surface area (Å²) in [5.74, 6) is -1.66. The second kappa shape index (κ2) is 5.87. The number of methoxy groups -OCH3 is 2. The average Bonchev–Trinajstić information content (AvgIpc) is 2.82. The molecule has 4 atom stereocenters. The van der Waals surface area contributed by atoms with Crippen molar-refractivity contribution < 1.29 is 18.9 Å². The minimum absolute atomic E-state index is 0.368. The van der Waals surface area contributed by atoms with Crippen molar-refractivity contribution in [1.82, 2.24) is 0 Å². The summed E-state index contributed by atoms with van der Waals surface area (Å²) in [5, 5.41) is 38.5. The molecule has 2 saturated heterocycles. The Morgan fingerprint density at radius 2 is 1.78 bits per heavy atom. The molecule has 0 aromatic heterocycles. The number of rotatable bonds is 3. The van der Waals surface area contributed by atoms with E-state index in [4.69, 9.17) is 24.4 Å². The highest BCUT2D eigenvalue weighted by Crippen LogP contribution is 2.66. The zero-order valence-corrected chi connectivity index (χ0v) is 15.4. The van der Waals surface area contributed by atoms with Crippen LogP contribution in [0.4, 0.5) is 0 Å². The van der Waals surface area contributed by atoms with Gasteiger partial charge in [-0.2, -0.15) is 15.8 Å². The normalized spacial score (nSPS) is 33.1. The summed E-state index contributed by atoms with van der Waals surface area (Å²) in [6.07, 6.45) is -1.19. The Kier molecular flexibility index (Phi) is 4.03. The number of nitrogens with one attached hydrogen (secondary N) is 1. The number of nitrogens with zero attached hydrogens (tertiary/aromatic N) is 3. The predicted molar refractivity (Wildman–Crippen MR) is 91.5 cm³/mol. The molecule has 8 heteroatoms. The van der Waals surface area contributed by atoms with Gasteiger partial charge in [0.05, 0.1) is 38.3 Å². The van der Waals surface area contributed by atoms with Gasteiger partial charge >= 0.3 is 0 Å². The van der Waals surface area contributed by atoms with E-state index in [1.165, 1.54) is 14.2 Å². The van der Waals surface area contributed by atoms with Gasteiger partial charge in [0.15, 0.2) is 5.41 Å². The molecule has 0 radical (unpaired) electrons. The first kappa shape index (κ1) is 18.5.